The first-order valence-electron chi connectivity index (χ1n) is 13.6. The van der Waals surface area contributed by atoms with E-state index in [2.05, 4.69) is 4.90 Å². The van der Waals surface area contributed by atoms with Gasteiger partial charge in [0.15, 0.2) is 17.4 Å². The first-order chi connectivity index (χ1) is 18.6. The molecule has 2 aliphatic heterocycles. The van der Waals surface area contributed by atoms with E-state index < -0.39 is 11.9 Å². The molecule has 0 unspecified atom stereocenters. The van der Waals surface area contributed by atoms with Crippen LogP contribution in [-0.4, -0.2) is 65.7 Å². The standard InChI is InChI=1S/C29H37ClN4O5/c1-5-6-20(36)12-37-21-7-8-23(30)22(11-21)26-32-25(24(18(3)31)19(4)35)17(2)27(33-26)34-15-28(16-34)13-29(14-28)38-9-10-39-29/h7-8,11,20,36H,5-6,9-10,12-16,31H2,1-4H3/t20-/m1/s1. The summed E-state index contributed by atoms with van der Waals surface area (Å²) in [6.07, 6.45) is 2.71. The van der Waals surface area contributed by atoms with E-state index >= 15 is 0 Å². The number of carbonyl (C=O) groups is 1. The Morgan fingerprint density at radius 2 is 1.92 bits per heavy atom. The second-order valence-electron chi connectivity index (χ2n) is 11.2. The van der Waals surface area contributed by atoms with Gasteiger partial charge in [0.2, 0.25) is 0 Å². The van der Waals surface area contributed by atoms with Gasteiger partial charge in [-0.15, -0.1) is 0 Å². The van der Waals surface area contributed by atoms with E-state index in [9.17, 15) is 9.90 Å². The lowest BCUT2D eigenvalue weighted by Gasteiger charge is -2.62. The third-order valence-electron chi connectivity index (χ3n) is 7.80. The number of nitrogens with two attached hydrogens (primary N) is 1. The van der Waals surface area contributed by atoms with Crippen LogP contribution in [0.5, 0.6) is 5.75 Å². The second kappa shape index (κ2) is 10.7. The molecule has 0 amide bonds. The summed E-state index contributed by atoms with van der Waals surface area (Å²) in [4.78, 5) is 24.6. The number of aliphatic hydroxyl groups is 1. The van der Waals surface area contributed by atoms with Gasteiger partial charge in [0.25, 0.3) is 0 Å². The highest BCUT2D eigenvalue weighted by atomic mass is 35.5. The van der Waals surface area contributed by atoms with E-state index in [0.29, 0.717) is 58.8 Å². The van der Waals surface area contributed by atoms with Gasteiger partial charge >= 0.3 is 0 Å². The lowest BCUT2D eigenvalue weighted by atomic mass is 9.59. The molecular weight excluding hydrogens is 520 g/mol. The Morgan fingerprint density at radius 3 is 2.54 bits per heavy atom. The third-order valence-corrected chi connectivity index (χ3v) is 8.13. The van der Waals surface area contributed by atoms with Crippen molar-refractivity contribution in [1.29, 1.82) is 0 Å². The van der Waals surface area contributed by atoms with Crippen molar-refractivity contribution in [3.05, 3.63) is 40.2 Å². The lowest BCUT2D eigenvalue weighted by Crippen LogP contribution is -2.68. The Balaban J connectivity index is 1.49. The average Bonchev–Trinajstić information content (AvgIpc) is 3.32. The van der Waals surface area contributed by atoms with Gasteiger partial charge in [0.1, 0.15) is 18.2 Å². The molecule has 2 spiro atoms. The van der Waals surface area contributed by atoms with Crippen LogP contribution in [0.15, 0.2) is 23.9 Å². The van der Waals surface area contributed by atoms with Crippen LogP contribution in [0.2, 0.25) is 5.02 Å². The predicted molar refractivity (Wildman–Crippen MR) is 150 cm³/mol. The zero-order valence-corrected chi connectivity index (χ0v) is 23.8. The SMILES string of the molecule is CCC[C@@H](O)COc1ccc(Cl)c(-c2nc(C(C(C)=O)=C(C)N)c(C)c(N3CC4(C3)CC3(C4)OCCO3)n2)c1. The molecule has 0 bridgehead atoms. The van der Waals surface area contributed by atoms with Gasteiger partial charge in [-0.2, -0.15) is 0 Å². The molecule has 1 atom stereocenters. The molecule has 9 nitrogen and oxygen atoms in total. The first-order valence-corrected chi connectivity index (χ1v) is 13.9. The average molecular weight is 557 g/mol. The summed E-state index contributed by atoms with van der Waals surface area (Å²) in [6.45, 7) is 10.2. The van der Waals surface area contributed by atoms with Crippen molar-refractivity contribution in [2.45, 2.75) is 65.3 Å². The molecule has 5 rings (SSSR count). The van der Waals surface area contributed by atoms with Crippen LogP contribution in [0.3, 0.4) is 0 Å². The molecule has 2 saturated heterocycles. The number of nitrogens with zero attached hydrogens (tertiary/aromatic N) is 3. The summed E-state index contributed by atoms with van der Waals surface area (Å²) in [5.41, 5.74) is 8.93. The van der Waals surface area contributed by atoms with E-state index in [4.69, 9.17) is 41.5 Å². The fourth-order valence-corrected chi connectivity index (χ4v) is 6.31. The van der Waals surface area contributed by atoms with Crippen LogP contribution < -0.4 is 15.4 Å². The van der Waals surface area contributed by atoms with Crippen LogP contribution in [0.1, 0.15) is 57.7 Å². The first kappa shape index (κ1) is 27.8. The van der Waals surface area contributed by atoms with Crippen LogP contribution >= 0.6 is 11.6 Å². The Morgan fingerprint density at radius 1 is 1.23 bits per heavy atom. The number of ketones is 1. The normalized spacial score (nSPS) is 20.4. The minimum absolute atomic E-state index is 0.135. The number of halogens is 1. The number of ether oxygens (including phenoxy) is 3. The van der Waals surface area contributed by atoms with Gasteiger partial charge in [0.05, 0.1) is 35.6 Å². The molecule has 3 fully saturated rings. The van der Waals surface area contributed by atoms with Gasteiger partial charge in [0, 0.05) is 48.2 Å². The van der Waals surface area contributed by atoms with Crippen molar-refractivity contribution >= 4 is 28.8 Å². The van der Waals surface area contributed by atoms with Crippen LogP contribution in [0.4, 0.5) is 5.82 Å². The number of carbonyl (C=O) groups excluding carboxylic acids is 1. The van der Waals surface area contributed by atoms with Crippen LogP contribution in [0, 0.1) is 12.3 Å². The number of benzene rings is 1. The molecule has 1 aliphatic carbocycles. The maximum atomic E-state index is 12.7. The Labute approximate surface area is 234 Å². The minimum Gasteiger partial charge on any atom is -0.491 e. The van der Waals surface area contributed by atoms with Gasteiger partial charge in [-0.05, 0) is 45.4 Å². The number of allylic oxidation sites excluding steroid dienone is 2. The van der Waals surface area contributed by atoms with Gasteiger partial charge in [-0.3, -0.25) is 4.79 Å². The Kier molecular flexibility index (Phi) is 7.63. The smallest absolute Gasteiger partial charge is 0.169 e. The maximum Gasteiger partial charge on any atom is 0.169 e. The largest absolute Gasteiger partial charge is 0.491 e. The van der Waals surface area contributed by atoms with Crippen molar-refractivity contribution in [2.75, 3.05) is 37.8 Å². The molecule has 1 aromatic carbocycles. The Hall–Kier alpha value is -2.72. The summed E-state index contributed by atoms with van der Waals surface area (Å²) in [5, 5.41) is 10.6. The van der Waals surface area contributed by atoms with Gasteiger partial charge in [-0.25, -0.2) is 9.97 Å². The highest BCUT2D eigenvalue weighted by Gasteiger charge is 2.63. The molecule has 39 heavy (non-hydrogen) atoms. The summed E-state index contributed by atoms with van der Waals surface area (Å²) >= 11 is 6.64. The number of aromatic nitrogens is 2. The van der Waals surface area contributed by atoms with Crippen molar-refractivity contribution in [1.82, 2.24) is 9.97 Å². The summed E-state index contributed by atoms with van der Waals surface area (Å²) in [6, 6.07) is 5.25. The predicted octanol–water partition coefficient (Wildman–Crippen LogP) is 4.27. The zero-order chi connectivity index (χ0) is 27.9. The van der Waals surface area contributed by atoms with E-state index in [1.807, 2.05) is 13.8 Å². The fourth-order valence-electron chi connectivity index (χ4n) is 6.11. The molecule has 3 N–H and O–H groups in total. The monoisotopic (exact) mass is 556 g/mol. The highest BCUT2D eigenvalue weighted by Crippen LogP contribution is 2.58. The molecule has 3 aliphatic rings. The molecule has 1 aromatic heterocycles. The molecule has 210 valence electrons. The van der Waals surface area contributed by atoms with Crippen LogP contribution in [0.25, 0.3) is 17.0 Å². The number of rotatable bonds is 9. The van der Waals surface area contributed by atoms with E-state index in [0.717, 1.165) is 43.7 Å². The quantitative estimate of drug-likeness (QED) is 0.436. The fraction of sp³-hybridized carbons (Fsp3) is 0.552. The number of hydrogen-bond acceptors (Lipinski definition) is 9. The number of anilines is 1. The molecule has 1 saturated carbocycles. The van der Waals surface area contributed by atoms with E-state index in [1.165, 1.54) is 6.92 Å². The molecule has 0 radical (unpaired) electrons. The van der Waals surface area contributed by atoms with Gasteiger partial charge in [-0.1, -0.05) is 24.9 Å². The summed E-state index contributed by atoms with van der Waals surface area (Å²) in [5.74, 6) is 1.09. The van der Waals surface area contributed by atoms with Crippen molar-refractivity contribution in [3.63, 3.8) is 0 Å². The topological polar surface area (TPSA) is 120 Å². The van der Waals surface area contributed by atoms with E-state index in [-0.39, 0.29) is 17.8 Å². The zero-order valence-electron chi connectivity index (χ0n) is 23.1. The lowest BCUT2D eigenvalue weighted by molar-refractivity contribution is -0.267. The highest BCUT2D eigenvalue weighted by molar-refractivity contribution is 6.33. The number of hydrogen-bond donors (Lipinski definition) is 2. The van der Waals surface area contributed by atoms with Crippen molar-refractivity contribution in [2.24, 2.45) is 11.1 Å². The maximum absolute atomic E-state index is 12.7. The molecule has 10 heteroatoms. The summed E-state index contributed by atoms with van der Waals surface area (Å²) < 4.78 is 17.6. The van der Waals surface area contributed by atoms with Crippen LogP contribution in [-0.2, 0) is 14.3 Å². The van der Waals surface area contributed by atoms with Gasteiger partial charge < -0.3 is 30.0 Å². The molecular formula is C29H37ClN4O5. The second-order valence-corrected chi connectivity index (χ2v) is 11.6. The number of Topliss-reactive ketones (excluding diaryl/α,β-unsaturated/α-hetero) is 1. The van der Waals surface area contributed by atoms with E-state index in [1.54, 1.807) is 25.1 Å². The van der Waals surface area contributed by atoms with Crippen molar-refractivity contribution in [3.8, 4) is 17.1 Å². The van der Waals surface area contributed by atoms with Crippen molar-refractivity contribution < 1.29 is 24.1 Å². The Bertz CT molecular complexity index is 1290. The molecule has 2 aromatic rings. The third kappa shape index (κ3) is 5.37. The minimum atomic E-state index is -0.553. The molecule has 3 heterocycles. The summed E-state index contributed by atoms with van der Waals surface area (Å²) in [7, 11) is 0. The number of aliphatic hydroxyl groups excluding tert-OH is 1.